The van der Waals surface area contributed by atoms with E-state index in [2.05, 4.69) is 47.1 Å². The van der Waals surface area contributed by atoms with Gasteiger partial charge in [-0.2, -0.15) is 0 Å². The first kappa shape index (κ1) is 17.9. The summed E-state index contributed by atoms with van der Waals surface area (Å²) < 4.78 is 0. The van der Waals surface area contributed by atoms with E-state index in [1.807, 2.05) is 0 Å². The van der Waals surface area contributed by atoms with E-state index in [9.17, 15) is 9.59 Å². The Morgan fingerprint density at radius 3 is 2.80 bits per heavy atom. The molecule has 0 unspecified atom stereocenters. The third-order valence-corrected chi connectivity index (χ3v) is 5.49. The first-order chi connectivity index (χ1) is 12.1. The number of carbonyl (C=O) groups excluding carboxylic acids is 2. The molecular weight excluding hydrogens is 314 g/mol. The number of nitrogens with one attached hydrogen (secondary N) is 3. The molecule has 1 aliphatic heterocycles. The number of benzene rings is 1. The zero-order valence-corrected chi connectivity index (χ0v) is 15.1. The molecule has 3 N–H and O–H groups in total. The Labute approximate surface area is 150 Å². The average molecular weight is 343 g/mol. The van der Waals surface area contributed by atoms with Crippen molar-refractivity contribution in [2.45, 2.75) is 63.5 Å². The Hall–Kier alpha value is -1.88. The van der Waals surface area contributed by atoms with Crippen molar-refractivity contribution >= 4 is 11.8 Å². The van der Waals surface area contributed by atoms with Crippen molar-refractivity contribution < 1.29 is 9.59 Å². The molecule has 25 heavy (non-hydrogen) atoms. The number of rotatable bonds is 5. The molecule has 5 heteroatoms. The van der Waals surface area contributed by atoms with Crippen LogP contribution in [0.5, 0.6) is 0 Å². The molecule has 2 fully saturated rings. The number of carbonyl (C=O) groups is 2. The van der Waals surface area contributed by atoms with Gasteiger partial charge in [-0.3, -0.25) is 14.9 Å². The number of hydrogen-bond acceptors (Lipinski definition) is 3. The summed E-state index contributed by atoms with van der Waals surface area (Å²) in [6.45, 7) is 3.06. The summed E-state index contributed by atoms with van der Waals surface area (Å²) in [5.74, 6) is -0.152. The summed E-state index contributed by atoms with van der Waals surface area (Å²) in [6, 6.07) is 8.17. The van der Waals surface area contributed by atoms with Gasteiger partial charge in [0.15, 0.2) is 0 Å². The Morgan fingerprint density at radius 2 is 2.04 bits per heavy atom. The van der Waals surface area contributed by atoms with E-state index in [1.54, 1.807) is 0 Å². The minimum absolute atomic E-state index is 0.0555. The highest BCUT2D eigenvalue weighted by molar-refractivity contribution is 5.88. The number of hydrogen-bond donors (Lipinski definition) is 3. The maximum atomic E-state index is 12.4. The highest BCUT2D eigenvalue weighted by Crippen LogP contribution is 2.38. The fraction of sp³-hybridized carbons (Fsp3) is 0.600. The average Bonchev–Trinajstić information content (AvgIpc) is 3.00. The van der Waals surface area contributed by atoms with Crippen LogP contribution >= 0.6 is 0 Å². The predicted molar refractivity (Wildman–Crippen MR) is 98.1 cm³/mol. The summed E-state index contributed by atoms with van der Waals surface area (Å²) in [6.07, 6.45) is 7.11. The van der Waals surface area contributed by atoms with Crippen LogP contribution in [0.3, 0.4) is 0 Å². The minimum Gasteiger partial charge on any atom is -0.354 e. The number of aryl methyl sites for hydroxylation is 1. The van der Waals surface area contributed by atoms with E-state index in [0.717, 1.165) is 32.1 Å². The molecule has 0 aromatic heterocycles. The van der Waals surface area contributed by atoms with Crippen LogP contribution in [-0.4, -0.2) is 30.9 Å². The van der Waals surface area contributed by atoms with E-state index in [1.165, 1.54) is 24.0 Å². The molecule has 1 saturated heterocycles. The van der Waals surface area contributed by atoms with Crippen LogP contribution in [0.25, 0.3) is 0 Å². The second-order valence-electron chi connectivity index (χ2n) is 7.42. The molecule has 2 aliphatic rings. The molecule has 0 spiro atoms. The van der Waals surface area contributed by atoms with Gasteiger partial charge in [-0.25, -0.2) is 0 Å². The molecule has 3 rings (SSSR count). The Morgan fingerprint density at radius 1 is 1.24 bits per heavy atom. The van der Waals surface area contributed by atoms with Gasteiger partial charge in [0.25, 0.3) is 0 Å². The highest BCUT2D eigenvalue weighted by atomic mass is 16.2. The van der Waals surface area contributed by atoms with Crippen molar-refractivity contribution in [3.63, 3.8) is 0 Å². The predicted octanol–water partition coefficient (Wildman–Crippen LogP) is 2.14. The summed E-state index contributed by atoms with van der Waals surface area (Å²) in [5, 5.41) is 9.28. The lowest BCUT2D eigenvalue weighted by Crippen LogP contribution is -2.50. The van der Waals surface area contributed by atoms with Crippen LogP contribution in [0.2, 0.25) is 0 Å². The molecule has 0 bridgehead atoms. The van der Waals surface area contributed by atoms with E-state index in [-0.39, 0.29) is 23.9 Å². The van der Waals surface area contributed by atoms with Crippen LogP contribution in [0.15, 0.2) is 24.3 Å². The first-order valence-corrected chi connectivity index (χ1v) is 9.48. The van der Waals surface area contributed by atoms with Gasteiger partial charge in [0.05, 0.1) is 6.54 Å². The molecule has 0 radical (unpaired) electrons. The second-order valence-corrected chi connectivity index (χ2v) is 7.42. The van der Waals surface area contributed by atoms with Crippen LogP contribution in [0.4, 0.5) is 0 Å². The fourth-order valence-corrected chi connectivity index (χ4v) is 4.06. The van der Waals surface area contributed by atoms with Crippen molar-refractivity contribution in [1.29, 1.82) is 0 Å². The molecular formula is C20H29N3O2. The largest absolute Gasteiger partial charge is 0.354 e. The van der Waals surface area contributed by atoms with Crippen molar-refractivity contribution in [2.24, 2.45) is 0 Å². The normalized spacial score (nSPS) is 22.9. The molecule has 136 valence electrons. The molecule has 1 saturated carbocycles. The third kappa shape index (κ3) is 4.40. The van der Waals surface area contributed by atoms with Gasteiger partial charge < -0.3 is 10.6 Å². The number of amides is 2. The second kappa shape index (κ2) is 8.00. The molecule has 1 aromatic rings. The standard InChI is InChI=1S/C20H29N3O2/c1-15-7-6-8-16(13-15)20(10-3-4-11-20)22-14-18(24)23-17-9-2-5-12-21-19(17)25/h6-8,13,17,22H,2-5,9-12,14H2,1H3,(H,21,25)(H,23,24)/t17-/m1/s1. The molecule has 2 amide bonds. The van der Waals surface area contributed by atoms with Crippen molar-refractivity contribution in [3.8, 4) is 0 Å². The highest BCUT2D eigenvalue weighted by Gasteiger charge is 2.35. The summed E-state index contributed by atoms with van der Waals surface area (Å²) in [4.78, 5) is 24.4. The molecule has 1 aromatic carbocycles. The van der Waals surface area contributed by atoms with Gasteiger partial charge in [-0.05, 0) is 44.6 Å². The SMILES string of the molecule is Cc1cccc(C2(NCC(=O)N[C@@H]3CCCCNC3=O)CCCC2)c1. The quantitative estimate of drug-likeness (QED) is 0.767. The molecule has 5 nitrogen and oxygen atoms in total. The lowest BCUT2D eigenvalue weighted by atomic mass is 9.87. The van der Waals surface area contributed by atoms with Crippen molar-refractivity contribution in [3.05, 3.63) is 35.4 Å². The Balaban J connectivity index is 1.61. The molecule has 1 aliphatic carbocycles. The lowest BCUT2D eigenvalue weighted by Gasteiger charge is -2.31. The first-order valence-electron chi connectivity index (χ1n) is 9.48. The van der Waals surface area contributed by atoms with E-state index in [4.69, 9.17) is 0 Å². The van der Waals surface area contributed by atoms with Gasteiger partial charge in [0, 0.05) is 12.1 Å². The van der Waals surface area contributed by atoms with Gasteiger partial charge >= 0.3 is 0 Å². The van der Waals surface area contributed by atoms with Gasteiger partial charge in [-0.15, -0.1) is 0 Å². The summed E-state index contributed by atoms with van der Waals surface area (Å²) in [7, 11) is 0. The topological polar surface area (TPSA) is 70.2 Å². The van der Waals surface area contributed by atoms with Crippen LogP contribution < -0.4 is 16.0 Å². The van der Waals surface area contributed by atoms with Gasteiger partial charge in [-0.1, -0.05) is 42.7 Å². The maximum absolute atomic E-state index is 12.4. The Kier molecular flexibility index (Phi) is 5.74. The Bertz CT molecular complexity index is 623. The zero-order chi connectivity index (χ0) is 17.7. The smallest absolute Gasteiger partial charge is 0.242 e. The maximum Gasteiger partial charge on any atom is 0.242 e. The third-order valence-electron chi connectivity index (χ3n) is 5.49. The monoisotopic (exact) mass is 343 g/mol. The van der Waals surface area contributed by atoms with E-state index >= 15 is 0 Å². The van der Waals surface area contributed by atoms with Gasteiger partial charge in [0.1, 0.15) is 6.04 Å². The van der Waals surface area contributed by atoms with Crippen molar-refractivity contribution in [1.82, 2.24) is 16.0 Å². The lowest BCUT2D eigenvalue weighted by molar-refractivity contribution is -0.128. The zero-order valence-electron chi connectivity index (χ0n) is 15.1. The van der Waals surface area contributed by atoms with Crippen LogP contribution in [0, 0.1) is 6.92 Å². The minimum atomic E-state index is -0.393. The van der Waals surface area contributed by atoms with E-state index < -0.39 is 6.04 Å². The van der Waals surface area contributed by atoms with Crippen LogP contribution in [-0.2, 0) is 15.1 Å². The molecule has 1 heterocycles. The van der Waals surface area contributed by atoms with Gasteiger partial charge in [0.2, 0.25) is 11.8 Å². The van der Waals surface area contributed by atoms with Crippen LogP contribution in [0.1, 0.15) is 56.1 Å². The fourth-order valence-electron chi connectivity index (χ4n) is 4.06. The molecule has 1 atom stereocenters. The summed E-state index contributed by atoms with van der Waals surface area (Å²) >= 11 is 0. The summed E-state index contributed by atoms with van der Waals surface area (Å²) in [5.41, 5.74) is 2.39. The van der Waals surface area contributed by atoms with Crippen molar-refractivity contribution in [2.75, 3.05) is 13.1 Å². The van der Waals surface area contributed by atoms with E-state index in [0.29, 0.717) is 6.54 Å².